The number of carbonyl (C=O) groups is 2. The first kappa shape index (κ1) is 22.3. The topological polar surface area (TPSA) is 67.4 Å². The third kappa shape index (κ3) is 5.53. The van der Waals surface area contributed by atoms with Crippen LogP contribution in [0.1, 0.15) is 30.9 Å². The summed E-state index contributed by atoms with van der Waals surface area (Å²) in [5.41, 5.74) is 2.52. The Kier molecular flexibility index (Phi) is 7.98. The highest BCUT2D eigenvalue weighted by Gasteiger charge is 2.18. The van der Waals surface area contributed by atoms with Gasteiger partial charge in [0.25, 0.3) is 5.91 Å². The molecule has 0 spiro atoms. The van der Waals surface area contributed by atoms with Crippen LogP contribution in [0.2, 0.25) is 15.1 Å². The van der Waals surface area contributed by atoms with E-state index in [1.54, 1.807) is 38.1 Å². The van der Waals surface area contributed by atoms with Gasteiger partial charge in [-0.2, -0.15) is 0 Å². The lowest BCUT2D eigenvalue weighted by molar-refractivity contribution is -0.118. The first-order valence-corrected chi connectivity index (χ1v) is 9.84. The molecule has 0 saturated carbocycles. The van der Waals surface area contributed by atoms with Gasteiger partial charge in [0, 0.05) is 22.8 Å². The molecule has 0 aliphatic heterocycles. The van der Waals surface area contributed by atoms with Crippen molar-refractivity contribution in [3.8, 4) is 5.75 Å². The standard InChI is InChI=1S/C20H21Cl3N2O3/c1-4-5-15(26)24-13-6-8-14(9-7-13)25-16(27)10-28-20-18(22)11(2)17(21)12(3)19(20)23/h6-9H,4-5,10H2,1-3H3,(H,24,26)(H,25,27). The van der Waals surface area contributed by atoms with Crippen molar-refractivity contribution in [1.82, 2.24) is 0 Å². The van der Waals surface area contributed by atoms with Crippen LogP contribution in [-0.2, 0) is 9.59 Å². The molecule has 0 saturated heterocycles. The summed E-state index contributed by atoms with van der Waals surface area (Å²) in [6.07, 6.45) is 1.24. The van der Waals surface area contributed by atoms with E-state index in [0.717, 1.165) is 6.42 Å². The number of anilines is 2. The molecule has 0 aliphatic carbocycles. The van der Waals surface area contributed by atoms with Crippen molar-refractivity contribution in [3.05, 3.63) is 50.5 Å². The van der Waals surface area contributed by atoms with Crippen LogP contribution in [0.25, 0.3) is 0 Å². The average molecular weight is 444 g/mol. The van der Waals surface area contributed by atoms with Gasteiger partial charge >= 0.3 is 0 Å². The zero-order chi connectivity index (χ0) is 20.8. The second kappa shape index (κ2) is 10.0. The Hall–Kier alpha value is -1.95. The molecule has 28 heavy (non-hydrogen) atoms. The van der Waals surface area contributed by atoms with Crippen LogP contribution in [0, 0.1) is 13.8 Å². The minimum Gasteiger partial charge on any atom is -0.481 e. The number of amides is 2. The molecule has 2 rings (SSSR count). The van der Waals surface area contributed by atoms with Gasteiger partial charge in [-0.15, -0.1) is 0 Å². The van der Waals surface area contributed by atoms with E-state index < -0.39 is 0 Å². The summed E-state index contributed by atoms with van der Waals surface area (Å²) in [5, 5.41) is 6.52. The molecule has 0 radical (unpaired) electrons. The Morgan fingerprint density at radius 3 is 1.79 bits per heavy atom. The van der Waals surface area contributed by atoms with Crippen LogP contribution in [0.5, 0.6) is 5.75 Å². The fourth-order valence-corrected chi connectivity index (χ4v) is 3.28. The lowest BCUT2D eigenvalue weighted by atomic mass is 10.1. The summed E-state index contributed by atoms with van der Waals surface area (Å²) in [6.45, 7) is 5.17. The molecule has 2 amide bonds. The first-order chi connectivity index (χ1) is 13.2. The Balaban J connectivity index is 1.97. The maximum absolute atomic E-state index is 12.2. The summed E-state index contributed by atoms with van der Waals surface area (Å²) in [7, 11) is 0. The molecule has 0 heterocycles. The number of nitrogens with one attached hydrogen (secondary N) is 2. The Morgan fingerprint density at radius 2 is 1.32 bits per heavy atom. The molecule has 0 unspecified atom stereocenters. The SMILES string of the molecule is CCCC(=O)Nc1ccc(NC(=O)COc2c(Cl)c(C)c(Cl)c(C)c2Cl)cc1. The number of rotatable bonds is 7. The van der Waals surface area contributed by atoms with Crippen LogP contribution >= 0.6 is 34.8 Å². The number of carbonyl (C=O) groups excluding carboxylic acids is 2. The summed E-state index contributed by atoms with van der Waals surface area (Å²) in [6, 6.07) is 6.80. The molecule has 0 aromatic heterocycles. The van der Waals surface area contributed by atoms with E-state index in [1.807, 2.05) is 6.92 Å². The number of halogens is 3. The fourth-order valence-electron chi connectivity index (χ4n) is 2.46. The monoisotopic (exact) mass is 442 g/mol. The Morgan fingerprint density at radius 1 is 0.857 bits per heavy atom. The van der Waals surface area contributed by atoms with Gasteiger partial charge in [-0.25, -0.2) is 0 Å². The van der Waals surface area contributed by atoms with Gasteiger partial charge in [0.15, 0.2) is 12.4 Å². The third-order valence-corrected chi connectivity index (χ3v) is 5.47. The normalized spacial score (nSPS) is 10.5. The van der Waals surface area contributed by atoms with Crippen molar-refractivity contribution in [2.45, 2.75) is 33.6 Å². The molecule has 8 heteroatoms. The van der Waals surface area contributed by atoms with E-state index in [1.165, 1.54) is 0 Å². The fraction of sp³-hybridized carbons (Fsp3) is 0.300. The van der Waals surface area contributed by atoms with Crippen LogP contribution in [0.3, 0.4) is 0 Å². The molecule has 0 fully saturated rings. The van der Waals surface area contributed by atoms with E-state index >= 15 is 0 Å². The minimum absolute atomic E-state index is 0.0463. The van der Waals surface area contributed by atoms with Crippen molar-refractivity contribution in [2.24, 2.45) is 0 Å². The van der Waals surface area contributed by atoms with Gasteiger partial charge in [-0.05, 0) is 55.7 Å². The molecule has 2 aromatic carbocycles. The Bertz CT molecular complexity index is 854. The predicted molar refractivity (Wildman–Crippen MR) is 115 cm³/mol. The van der Waals surface area contributed by atoms with E-state index in [2.05, 4.69) is 10.6 Å². The first-order valence-electron chi connectivity index (χ1n) is 8.70. The highest BCUT2D eigenvalue weighted by Crippen LogP contribution is 2.42. The van der Waals surface area contributed by atoms with Crippen molar-refractivity contribution >= 4 is 58.0 Å². The molecule has 150 valence electrons. The smallest absolute Gasteiger partial charge is 0.262 e. The maximum atomic E-state index is 12.2. The molecule has 0 bridgehead atoms. The minimum atomic E-state index is -0.375. The van der Waals surface area contributed by atoms with E-state index in [4.69, 9.17) is 39.5 Å². The van der Waals surface area contributed by atoms with Crippen molar-refractivity contribution in [1.29, 1.82) is 0 Å². The number of hydrogen-bond donors (Lipinski definition) is 2. The highest BCUT2D eigenvalue weighted by atomic mass is 35.5. The molecule has 0 aliphatic rings. The van der Waals surface area contributed by atoms with Crippen LogP contribution in [0.15, 0.2) is 24.3 Å². The van der Waals surface area contributed by atoms with Crippen LogP contribution in [-0.4, -0.2) is 18.4 Å². The van der Waals surface area contributed by atoms with Crippen LogP contribution in [0.4, 0.5) is 11.4 Å². The second-order valence-electron chi connectivity index (χ2n) is 6.23. The van der Waals surface area contributed by atoms with Crippen LogP contribution < -0.4 is 15.4 Å². The van der Waals surface area contributed by atoms with Crippen molar-refractivity contribution in [3.63, 3.8) is 0 Å². The maximum Gasteiger partial charge on any atom is 0.262 e. The molecular weight excluding hydrogens is 423 g/mol. The van der Waals surface area contributed by atoms with Gasteiger partial charge in [0.05, 0.1) is 10.0 Å². The second-order valence-corrected chi connectivity index (χ2v) is 7.37. The number of benzene rings is 2. The van der Waals surface area contributed by atoms with Gasteiger partial charge in [0.2, 0.25) is 5.91 Å². The van der Waals surface area contributed by atoms with Gasteiger partial charge in [-0.1, -0.05) is 41.7 Å². The largest absolute Gasteiger partial charge is 0.481 e. The zero-order valence-corrected chi connectivity index (χ0v) is 18.1. The summed E-state index contributed by atoms with van der Waals surface area (Å²) in [4.78, 5) is 23.8. The number of hydrogen-bond acceptors (Lipinski definition) is 3. The highest BCUT2D eigenvalue weighted by molar-refractivity contribution is 6.42. The van der Waals surface area contributed by atoms with E-state index in [-0.39, 0.29) is 34.2 Å². The van der Waals surface area contributed by atoms with E-state index in [9.17, 15) is 9.59 Å². The summed E-state index contributed by atoms with van der Waals surface area (Å²) in [5.74, 6) is -0.193. The van der Waals surface area contributed by atoms with E-state index in [0.29, 0.717) is 33.9 Å². The molecule has 0 atom stereocenters. The molecule has 5 nitrogen and oxygen atoms in total. The van der Waals surface area contributed by atoms with Crippen molar-refractivity contribution < 1.29 is 14.3 Å². The lowest BCUT2D eigenvalue weighted by Gasteiger charge is -2.15. The van der Waals surface area contributed by atoms with Gasteiger partial charge in [-0.3, -0.25) is 9.59 Å². The average Bonchev–Trinajstić information content (AvgIpc) is 2.66. The number of ether oxygens (including phenoxy) is 1. The molecule has 2 aromatic rings. The van der Waals surface area contributed by atoms with Gasteiger partial charge in [0.1, 0.15) is 0 Å². The predicted octanol–water partition coefficient (Wildman–Crippen LogP) is 6.02. The Labute approximate surface area is 179 Å². The van der Waals surface area contributed by atoms with Crippen molar-refractivity contribution in [2.75, 3.05) is 17.2 Å². The summed E-state index contributed by atoms with van der Waals surface area (Å²) >= 11 is 18.6. The lowest BCUT2D eigenvalue weighted by Crippen LogP contribution is -2.20. The zero-order valence-electron chi connectivity index (χ0n) is 15.8. The summed E-state index contributed by atoms with van der Waals surface area (Å²) < 4.78 is 5.53. The third-order valence-electron chi connectivity index (χ3n) is 3.99. The van der Waals surface area contributed by atoms with Gasteiger partial charge < -0.3 is 15.4 Å². The molecular formula is C20H21Cl3N2O3. The molecule has 2 N–H and O–H groups in total. The quantitative estimate of drug-likeness (QED) is 0.550.